The van der Waals surface area contributed by atoms with Crippen LogP contribution in [0.2, 0.25) is 0 Å². The third kappa shape index (κ3) is 10.1. The summed E-state index contributed by atoms with van der Waals surface area (Å²) in [5.74, 6) is -0.303. The minimum atomic E-state index is -1.09. The molecular weight excluding hydrogens is 701 g/mol. The maximum Gasteiger partial charge on any atom is 0.272 e. The first-order valence-electron chi connectivity index (χ1n) is 18.6. The molecule has 0 saturated heterocycles. The van der Waals surface area contributed by atoms with E-state index in [-0.39, 0.29) is 55.5 Å². The first kappa shape index (κ1) is 38.6. The van der Waals surface area contributed by atoms with Crippen LogP contribution in [0.15, 0.2) is 79.1 Å². The number of aromatic nitrogens is 6. The molecule has 5 heterocycles. The normalized spacial score (nSPS) is 20.0. The fourth-order valence-corrected chi connectivity index (χ4v) is 6.62. The molecule has 0 spiro atoms. The van der Waals surface area contributed by atoms with Crippen LogP contribution in [0.3, 0.4) is 0 Å². The molecule has 15 heteroatoms. The Morgan fingerprint density at radius 2 is 1.71 bits per heavy atom. The molecular formula is C40H48N10O5. The van der Waals surface area contributed by atoms with Crippen LogP contribution in [0.4, 0.5) is 0 Å². The average Bonchev–Trinajstić information content (AvgIpc) is 3.75. The summed E-state index contributed by atoms with van der Waals surface area (Å²) in [7, 11) is 0. The van der Waals surface area contributed by atoms with Crippen molar-refractivity contribution in [2.45, 2.75) is 84.6 Å². The maximum atomic E-state index is 14.3. The number of amides is 4. The molecule has 2 aliphatic heterocycles. The van der Waals surface area contributed by atoms with Gasteiger partial charge in [-0.25, -0.2) is 19.2 Å². The molecule has 7 rings (SSSR count). The van der Waals surface area contributed by atoms with Crippen molar-refractivity contribution in [3.63, 3.8) is 0 Å². The zero-order chi connectivity index (χ0) is 39.1. The van der Waals surface area contributed by atoms with Gasteiger partial charge in [-0.1, -0.05) is 70.2 Å². The van der Waals surface area contributed by atoms with Gasteiger partial charge < -0.3 is 26.0 Å². The van der Waals surface area contributed by atoms with Gasteiger partial charge in [-0.05, 0) is 54.5 Å². The van der Waals surface area contributed by atoms with Crippen molar-refractivity contribution in [2.24, 2.45) is 11.8 Å². The molecule has 288 valence electrons. The third-order valence-corrected chi connectivity index (χ3v) is 9.28. The smallest absolute Gasteiger partial charge is 0.272 e. The molecule has 0 fully saturated rings. The molecule has 2 bridgehead atoms. The number of hydrogen-bond acceptors (Lipinski definition) is 9. The van der Waals surface area contributed by atoms with Gasteiger partial charge in [0.05, 0.1) is 12.1 Å². The van der Waals surface area contributed by atoms with E-state index in [9.17, 15) is 19.2 Å². The Kier molecular flexibility index (Phi) is 12.2. The largest absolute Gasteiger partial charge is 0.491 e. The highest BCUT2D eigenvalue weighted by molar-refractivity contribution is 5.98. The Balaban J connectivity index is 1.37. The predicted molar refractivity (Wildman–Crippen MR) is 204 cm³/mol. The molecule has 15 nitrogen and oxygen atoms in total. The zero-order valence-corrected chi connectivity index (χ0v) is 31.7. The highest BCUT2D eigenvalue weighted by Crippen LogP contribution is 2.22. The van der Waals surface area contributed by atoms with E-state index in [1.165, 1.54) is 9.20 Å². The maximum absolute atomic E-state index is 14.3. The second kappa shape index (κ2) is 17.3. The van der Waals surface area contributed by atoms with Gasteiger partial charge in [-0.15, -0.1) is 0 Å². The molecule has 0 unspecified atom stereocenters. The van der Waals surface area contributed by atoms with Crippen LogP contribution < -0.4 is 26.0 Å². The Morgan fingerprint density at radius 1 is 0.945 bits per heavy atom. The third-order valence-electron chi connectivity index (χ3n) is 9.28. The molecule has 55 heavy (non-hydrogen) atoms. The molecule has 4 amide bonds. The van der Waals surface area contributed by atoms with E-state index in [0.29, 0.717) is 29.5 Å². The number of aryl methyl sites for hydroxylation is 1. The van der Waals surface area contributed by atoms with Crippen molar-refractivity contribution in [3.8, 4) is 5.75 Å². The van der Waals surface area contributed by atoms with E-state index < -0.39 is 35.8 Å². The van der Waals surface area contributed by atoms with E-state index in [1.807, 2.05) is 56.3 Å². The van der Waals surface area contributed by atoms with E-state index in [2.05, 4.69) is 55.3 Å². The van der Waals surface area contributed by atoms with E-state index >= 15 is 0 Å². The first-order valence-corrected chi connectivity index (χ1v) is 18.6. The highest BCUT2D eigenvalue weighted by Gasteiger charge is 2.32. The minimum Gasteiger partial charge on any atom is -0.491 e. The quantitative estimate of drug-likeness (QED) is 0.194. The number of ether oxygens (including phenoxy) is 1. The number of fused-ring (bicyclic) bond motifs is 15. The average molecular weight is 749 g/mol. The number of carbonyl (C=O) groups excluding carboxylic acids is 4. The molecule has 4 N–H and O–H groups in total. The van der Waals surface area contributed by atoms with Crippen LogP contribution in [0.1, 0.15) is 73.4 Å². The molecule has 5 aromatic rings. The summed E-state index contributed by atoms with van der Waals surface area (Å²) < 4.78 is 9.14. The van der Waals surface area contributed by atoms with Crippen molar-refractivity contribution in [1.29, 1.82) is 0 Å². The van der Waals surface area contributed by atoms with Gasteiger partial charge in [0.25, 0.3) is 5.91 Å². The molecule has 0 aliphatic carbocycles. The Morgan fingerprint density at radius 3 is 2.42 bits per heavy atom. The van der Waals surface area contributed by atoms with Gasteiger partial charge in [-0.2, -0.15) is 10.2 Å². The lowest BCUT2D eigenvalue weighted by molar-refractivity contribution is -0.130. The molecule has 0 radical (unpaired) electrons. The molecule has 0 saturated carbocycles. The van der Waals surface area contributed by atoms with Crippen molar-refractivity contribution in [3.05, 3.63) is 108 Å². The van der Waals surface area contributed by atoms with Crippen molar-refractivity contribution in [2.75, 3.05) is 6.61 Å². The van der Waals surface area contributed by atoms with Gasteiger partial charge in [0.2, 0.25) is 17.7 Å². The fourth-order valence-electron chi connectivity index (χ4n) is 6.62. The summed E-state index contributed by atoms with van der Waals surface area (Å²) >= 11 is 0. The number of carbonyl (C=O) groups is 4. The zero-order valence-electron chi connectivity index (χ0n) is 31.7. The molecule has 3 aromatic heterocycles. The van der Waals surface area contributed by atoms with Gasteiger partial charge in [0, 0.05) is 31.3 Å². The van der Waals surface area contributed by atoms with Gasteiger partial charge in [-0.3, -0.25) is 19.2 Å². The van der Waals surface area contributed by atoms with Crippen LogP contribution in [0.5, 0.6) is 5.75 Å². The van der Waals surface area contributed by atoms with Crippen LogP contribution in [0, 0.1) is 18.8 Å². The van der Waals surface area contributed by atoms with Crippen LogP contribution in [-0.2, 0) is 33.8 Å². The number of rotatable bonds is 7. The van der Waals surface area contributed by atoms with Crippen LogP contribution in [-0.4, -0.2) is 77.7 Å². The highest BCUT2D eigenvalue weighted by atomic mass is 16.5. The van der Waals surface area contributed by atoms with E-state index in [4.69, 9.17) is 4.74 Å². The first-order chi connectivity index (χ1) is 26.4. The number of nitrogens with zero attached hydrogens (tertiary/aromatic N) is 6. The van der Waals surface area contributed by atoms with E-state index in [1.54, 1.807) is 43.6 Å². The molecule has 2 aliphatic rings. The monoisotopic (exact) mass is 748 g/mol. The molecule has 4 atom stereocenters. The van der Waals surface area contributed by atoms with Crippen LogP contribution >= 0.6 is 0 Å². The second-order valence-electron chi connectivity index (χ2n) is 14.7. The lowest BCUT2D eigenvalue weighted by Crippen LogP contribution is -2.55. The standard InChI is InChI=1S/C40H48N10O5/c1-24(2)18-29-23-55-30-14-12-28(13-15-30)20-31(45-40(54)33-21-34-41-16-9-17-49(34)48-33)38(52)44-32(19-27-10-7-6-8-11-27)39(53)46-36(25(3)4)37-42-26(5)47-50(37)22-35(51)43-29/h6-17,21,24-25,29,31-32,36H,18-20,22-23H2,1-5H3,(H,43,51)(H,44,52)(H,45,54)(H,46,53)/t29-,31-,32-,36-/m0/s1. The number of benzene rings is 2. The van der Waals surface area contributed by atoms with Crippen LogP contribution in [0.25, 0.3) is 5.65 Å². The second-order valence-corrected chi connectivity index (χ2v) is 14.7. The topological polar surface area (TPSA) is 187 Å². The summed E-state index contributed by atoms with van der Waals surface area (Å²) in [6, 6.07) is 16.7. The summed E-state index contributed by atoms with van der Waals surface area (Å²) in [4.78, 5) is 64.7. The Labute approximate surface area is 319 Å². The van der Waals surface area contributed by atoms with Gasteiger partial charge >= 0.3 is 0 Å². The van der Waals surface area contributed by atoms with Crippen molar-refractivity contribution >= 4 is 29.3 Å². The molecule has 2 aromatic carbocycles. The summed E-state index contributed by atoms with van der Waals surface area (Å²) in [6.07, 6.45) is 4.22. The van der Waals surface area contributed by atoms with Gasteiger partial charge in [0.15, 0.2) is 17.2 Å². The SMILES string of the molecule is Cc1nc2n(n1)CC(=O)N[C@@H](CC(C)C)COc1ccc(cc1)C[C@H](NC(=O)c1cc3ncccn3n1)C(=O)N[C@@H](Cc1ccccc1)C(=O)N[C@H]2C(C)C. The lowest BCUT2D eigenvalue weighted by atomic mass is 10.00. The minimum absolute atomic E-state index is 0.0856. The van der Waals surface area contributed by atoms with E-state index in [0.717, 1.165) is 11.1 Å². The summed E-state index contributed by atoms with van der Waals surface area (Å²) in [6.45, 7) is 9.87. The summed E-state index contributed by atoms with van der Waals surface area (Å²) in [5.41, 5.74) is 2.12. The number of hydrogen-bond donors (Lipinski definition) is 4. The Bertz CT molecular complexity index is 2080. The number of nitrogens with one attached hydrogen (secondary N) is 4. The Hall–Kier alpha value is -6.12. The predicted octanol–water partition coefficient (Wildman–Crippen LogP) is 3.13. The van der Waals surface area contributed by atoms with Gasteiger partial charge in [0.1, 0.15) is 36.8 Å². The summed E-state index contributed by atoms with van der Waals surface area (Å²) in [5, 5.41) is 20.9. The van der Waals surface area contributed by atoms with Crippen molar-refractivity contribution in [1.82, 2.24) is 50.6 Å². The fraction of sp³-hybridized carbons (Fsp3) is 0.400. The van der Waals surface area contributed by atoms with Crippen molar-refractivity contribution < 1.29 is 23.9 Å². The lowest BCUT2D eigenvalue weighted by Gasteiger charge is -2.27.